The van der Waals surface area contributed by atoms with Crippen molar-refractivity contribution in [3.8, 4) is 0 Å². The first-order valence-corrected chi connectivity index (χ1v) is 9.40. The molecule has 3 fully saturated rings. The second-order valence-corrected chi connectivity index (χ2v) is 7.59. The Balaban J connectivity index is 1.46. The first-order chi connectivity index (χ1) is 11.7. The molecule has 1 aliphatic heterocycles. The summed E-state index contributed by atoms with van der Waals surface area (Å²) < 4.78 is 0. The fraction of sp³-hybridized carbons (Fsp3) is 0.684. The first kappa shape index (κ1) is 16.0. The second-order valence-electron chi connectivity index (χ2n) is 7.59. The van der Waals surface area contributed by atoms with Gasteiger partial charge < -0.3 is 10.2 Å². The highest BCUT2D eigenvalue weighted by Gasteiger charge is 2.42. The van der Waals surface area contributed by atoms with Gasteiger partial charge >= 0.3 is 0 Å². The summed E-state index contributed by atoms with van der Waals surface area (Å²) in [5, 5.41) is 3.46. The number of amides is 1. The predicted molar refractivity (Wildman–Crippen MR) is 93.5 cm³/mol. The lowest BCUT2D eigenvalue weighted by Gasteiger charge is -2.38. The Hall–Kier alpha value is -1.46. The molecule has 2 unspecified atom stereocenters. The van der Waals surface area contributed by atoms with E-state index >= 15 is 0 Å². The van der Waals surface area contributed by atoms with Crippen LogP contribution >= 0.6 is 0 Å². The van der Waals surface area contributed by atoms with Crippen LogP contribution in [-0.2, 0) is 4.79 Å². The van der Waals surface area contributed by atoms with Gasteiger partial charge in [-0.05, 0) is 50.2 Å². The Morgan fingerprint density at radius 3 is 2.92 bits per heavy atom. The average Bonchev–Trinajstić information content (AvgIpc) is 3.48. The summed E-state index contributed by atoms with van der Waals surface area (Å²) in [7, 11) is 0. The molecule has 1 N–H and O–H groups in total. The van der Waals surface area contributed by atoms with Gasteiger partial charge in [-0.25, -0.2) is 0 Å². The van der Waals surface area contributed by atoms with Gasteiger partial charge in [-0.3, -0.25) is 14.7 Å². The molecule has 1 aromatic rings. The highest BCUT2D eigenvalue weighted by atomic mass is 16.2. The van der Waals surface area contributed by atoms with Gasteiger partial charge in [-0.1, -0.05) is 6.07 Å². The smallest absolute Gasteiger partial charge is 0.237 e. The van der Waals surface area contributed by atoms with Gasteiger partial charge in [0.15, 0.2) is 0 Å². The van der Waals surface area contributed by atoms with Gasteiger partial charge in [0.05, 0.1) is 6.54 Å². The zero-order chi connectivity index (χ0) is 16.5. The molecule has 24 heavy (non-hydrogen) atoms. The normalized spacial score (nSPS) is 26.1. The van der Waals surface area contributed by atoms with Crippen molar-refractivity contribution in [1.29, 1.82) is 0 Å². The third-order valence-electron chi connectivity index (χ3n) is 5.73. The van der Waals surface area contributed by atoms with Crippen LogP contribution in [0.3, 0.4) is 0 Å². The van der Waals surface area contributed by atoms with Crippen molar-refractivity contribution in [2.45, 2.75) is 50.7 Å². The maximum Gasteiger partial charge on any atom is 0.237 e. The van der Waals surface area contributed by atoms with Gasteiger partial charge in [-0.15, -0.1) is 0 Å². The van der Waals surface area contributed by atoms with Crippen LogP contribution in [0.1, 0.15) is 44.2 Å². The lowest BCUT2D eigenvalue weighted by atomic mass is 10.1. The molecule has 1 amide bonds. The van der Waals surface area contributed by atoms with Gasteiger partial charge in [0.25, 0.3) is 0 Å². The molecule has 4 rings (SSSR count). The summed E-state index contributed by atoms with van der Waals surface area (Å²) in [5.74, 6) is 1.07. The molecular formula is C19H28N4O. The molecule has 3 aliphatic rings. The highest BCUT2D eigenvalue weighted by molar-refractivity contribution is 5.79. The zero-order valence-corrected chi connectivity index (χ0v) is 14.5. The van der Waals surface area contributed by atoms with Crippen molar-refractivity contribution in [1.82, 2.24) is 20.1 Å². The van der Waals surface area contributed by atoms with Crippen molar-refractivity contribution < 1.29 is 4.79 Å². The largest absolute Gasteiger partial charge is 0.336 e. The fourth-order valence-corrected chi connectivity index (χ4v) is 4.01. The third-order valence-corrected chi connectivity index (χ3v) is 5.73. The van der Waals surface area contributed by atoms with Crippen LogP contribution in [0, 0.1) is 5.92 Å². The molecule has 130 valence electrons. The Morgan fingerprint density at radius 2 is 2.25 bits per heavy atom. The van der Waals surface area contributed by atoms with Crippen molar-refractivity contribution in [2.75, 3.05) is 26.2 Å². The van der Waals surface area contributed by atoms with E-state index in [9.17, 15) is 4.79 Å². The number of aromatic nitrogens is 1. The van der Waals surface area contributed by atoms with Crippen LogP contribution in [0.2, 0.25) is 0 Å². The van der Waals surface area contributed by atoms with Crippen molar-refractivity contribution in [3.05, 3.63) is 30.1 Å². The monoisotopic (exact) mass is 328 g/mol. The molecule has 0 bridgehead atoms. The van der Waals surface area contributed by atoms with Crippen LogP contribution in [0.5, 0.6) is 0 Å². The number of nitrogens with one attached hydrogen (secondary N) is 1. The molecule has 2 saturated carbocycles. The van der Waals surface area contributed by atoms with E-state index in [-0.39, 0.29) is 6.04 Å². The third kappa shape index (κ3) is 3.47. The van der Waals surface area contributed by atoms with E-state index in [2.05, 4.69) is 33.1 Å². The Morgan fingerprint density at radius 1 is 1.42 bits per heavy atom. The van der Waals surface area contributed by atoms with E-state index in [4.69, 9.17) is 0 Å². The number of rotatable bonds is 6. The molecular weight excluding hydrogens is 300 g/mol. The van der Waals surface area contributed by atoms with Gasteiger partial charge in [0.2, 0.25) is 5.91 Å². The Kier molecular flexibility index (Phi) is 4.55. The highest BCUT2D eigenvalue weighted by Crippen LogP contribution is 2.40. The molecule has 0 aromatic carbocycles. The number of carbonyl (C=O) groups is 1. The predicted octanol–water partition coefficient (Wildman–Crippen LogP) is 1.82. The minimum absolute atomic E-state index is 0.244. The van der Waals surface area contributed by atoms with Crippen LogP contribution < -0.4 is 5.32 Å². The van der Waals surface area contributed by atoms with E-state index in [1.165, 1.54) is 31.2 Å². The molecule has 0 radical (unpaired) electrons. The van der Waals surface area contributed by atoms with E-state index < -0.39 is 0 Å². The maximum atomic E-state index is 13.1. The lowest BCUT2D eigenvalue weighted by molar-refractivity contribution is -0.136. The minimum atomic E-state index is 0.244. The van der Waals surface area contributed by atoms with Crippen LogP contribution in [0.15, 0.2) is 24.5 Å². The Labute approximate surface area is 144 Å². The lowest BCUT2D eigenvalue weighted by Crippen LogP contribution is -2.52. The van der Waals surface area contributed by atoms with Crippen LogP contribution in [-0.4, -0.2) is 59.0 Å². The SMILES string of the molecule is CC(C1CC1)N(C(=O)CN1CCNCC1c1cccnc1)C1CC1. The molecule has 1 saturated heterocycles. The number of carbonyl (C=O) groups excluding carboxylic acids is 1. The van der Waals surface area contributed by atoms with Gasteiger partial charge in [0, 0.05) is 50.2 Å². The van der Waals surface area contributed by atoms with Crippen molar-refractivity contribution in [3.63, 3.8) is 0 Å². The van der Waals surface area contributed by atoms with Gasteiger partial charge in [0.1, 0.15) is 0 Å². The standard InChI is InChI=1S/C19H28N4O/c1-14(15-4-5-15)23(17-6-7-17)19(24)13-22-10-9-21-12-18(22)16-3-2-8-20-11-16/h2-3,8,11,14-15,17-18,21H,4-7,9-10,12-13H2,1H3. The fourth-order valence-electron chi connectivity index (χ4n) is 4.01. The van der Waals surface area contributed by atoms with Crippen molar-refractivity contribution in [2.24, 2.45) is 5.92 Å². The molecule has 0 spiro atoms. The van der Waals surface area contributed by atoms with E-state index in [0.29, 0.717) is 24.5 Å². The number of pyridine rings is 1. The quantitative estimate of drug-likeness (QED) is 0.865. The minimum Gasteiger partial charge on any atom is -0.336 e. The molecule has 2 heterocycles. The van der Waals surface area contributed by atoms with E-state index in [1.807, 2.05) is 12.3 Å². The maximum absolute atomic E-state index is 13.1. The van der Waals surface area contributed by atoms with E-state index in [1.54, 1.807) is 6.20 Å². The van der Waals surface area contributed by atoms with E-state index in [0.717, 1.165) is 25.6 Å². The summed E-state index contributed by atoms with van der Waals surface area (Å²) >= 11 is 0. The van der Waals surface area contributed by atoms with Crippen LogP contribution in [0.4, 0.5) is 0 Å². The molecule has 1 aromatic heterocycles. The summed E-state index contributed by atoms with van der Waals surface area (Å²) in [5.41, 5.74) is 1.20. The number of hydrogen-bond donors (Lipinski definition) is 1. The summed E-state index contributed by atoms with van der Waals surface area (Å²) in [6.45, 7) is 5.55. The molecule has 5 nitrogen and oxygen atoms in total. The average molecular weight is 328 g/mol. The number of nitrogens with zero attached hydrogens (tertiary/aromatic N) is 3. The topological polar surface area (TPSA) is 48.5 Å². The summed E-state index contributed by atoms with van der Waals surface area (Å²) in [4.78, 5) is 21.9. The number of hydrogen-bond acceptors (Lipinski definition) is 4. The zero-order valence-electron chi connectivity index (χ0n) is 14.5. The molecule has 2 aliphatic carbocycles. The van der Waals surface area contributed by atoms with Gasteiger partial charge in [-0.2, -0.15) is 0 Å². The van der Waals surface area contributed by atoms with Crippen LogP contribution in [0.25, 0.3) is 0 Å². The Bertz CT molecular complexity index is 570. The second kappa shape index (κ2) is 6.81. The van der Waals surface area contributed by atoms with Crippen molar-refractivity contribution >= 4 is 5.91 Å². The first-order valence-electron chi connectivity index (χ1n) is 9.40. The summed E-state index contributed by atoms with van der Waals surface area (Å²) in [6, 6.07) is 5.27. The molecule has 2 atom stereocenters. The number of piperazine rings is 1. The summed E-state index contributed by atoms with van der Waals surface area (Å²) in [6.07, 6.45) is 8.71. The molecule has 5 heteroatoms.